The van der Waals surface area contributed by atoms with Gasteiger partial charge in [-0.3, -0.25) is 14.5 Å². The smallest absolute Gasteiger partial charge is 0.278 e. The quantitative estimate of drug-likeness (QED) is 0.135. The average molecular weight is 541 g/mol. The Bertz CT molecular complexity index is 1130. The van der Waals surface area contributed by atoms with Gasteiger partial charge in [0.1, 0.15) is 11.4 Å². The number of hydrogen-bond acceptors (Lipinski definition) is 12. The van der Waals surface area contributed by atoms with Crippen LogP contribution in [0.4, 0.5) is 9.52 Å². The lowest BCUT2D eigenvalue weighted by Gasteiger charge is -2.50. The van der Waals surface area contributed by atoms with E-state index in [1.165, 1.54) is 11.8 Å². The number of halogens is 1. The van der Waals surface area contributed by atoms with Gasteiger partial charge < -0.3 is 35.6 Å². The molecule has 0 saturated carbocycles. The Morgan fingerprint density at radius 1 is 1.44 bits per heavy atom. The van der Waals surface area contributed by atoms with Gasteiger partial charge in [0.25, 0.3) is 18.7 Å². The molecule has 36 heavy (non-hydrogen) atoms. The molecule has 2 fully saturated rings. The van der Waals surface area contributed by atoms with Crippen LogP contribution in [0.15, 0.2) is 28.6 Å². The number of aromatic nitrogens is 2. The Morgan fingerprint density at radius 2 is 2.19 bits per heavy atom. The van der Waals surface area contributed by atoms with E-state index >= 15 is 0 Å². The number of hydrogen-bond donors (Lipinski definition) is 3. The highest BCUT2D eigenvalue weighted by Gasteiger charge is 2.53. The standard InChI is InChI=1S/C20H25FN8O5S2/c1-29(7-4-23-5-8-29)6-2-3-11-9-35-18-13(17(31)28(18)14(11)19(32)33)24-16(30)12(26-34-10-21)15-25-20(22)36-27-15/h2-3,13,18,23H,4-10H2,1H3,(H3-,22,24,25,27,30,32,33)/b3-2+,26-12-/t13-,18-/m1/s1. The third-order valence-electron chi connectivity index (χ3n) is 6.07. The predicted molar refractivity (Wildman–Crippen MR) is 128 cm³/mol. The van der Waals surface area contributed by atoms with Crippen molar-refractivity contribution in [3.8, 4) is 0 Å². The van der Waals surface area contributed by atoms with Crippen molar-refractivity contribution >= 4 is 51.9 Å². The number of quaternary nitrogens is 1. The van der Waals surface area contributed by atoms with Crippen molar-refractivity contribution in [2.45, 2.75) is 11.4 Å². The zero-order valence-electron chi connectivity index (χ0n) is 19.3. The van der Waals surface area contributed by atoms with Crippen molar-refractivity contribution in [2.24, 2.45) is 5.16 Å². The van der Waals surface area contributed by atoms with Crippen molar-refractivity contribution in [2.75, 3.05) is 58.1 Å². The van der Waals surface area contributed by atoms with Crippen LogP contribution in [0.25, 0.3) is 0 Å². The van der Waals surface area contributed by atoms with Crippen LogP contribution in [0, 0.1) is 0 Å². The third-order valence-corrected chi connectivity index (χ3v) is 7.92. The van der Waals surface area contributed by atoms with E-state index in [-0.39, 0.29) is 16.7 Å². The molecule has 0 aromatic carbocycles. The summed E-state index contributed by atoms with van der Waals surface area (Å²) >= 11 is 2.10. The molecular formula is C20H25FN8O5S2. The van der Waals surface area contributed by atoms with Gasteiger partial charge in [-0.2, -0.15) is 9.36 Å². The number of piperazine rings is 1. The number of carbonyl (C=O) groups excluding carboxylic acids is 3. The van der Waals surface area contributed by atoms with Gasteiger partial charge in [0.05, 0.1) is 38.3 Å². The van der Waals surface area contributed by atoms with Gasteiger partial charge in [-0.15, -0.1) is 11.8 Å². The summed E-state index contributed by atoms with van der Waals surface area (Å²) in [5, 5.41) is 20.5. The van der Waals surface area contributed by atoms with Gasteiger partial charge >= 0.3 is 0 Å². The fourth-order valence-electron chi connectivity index (χ4n) is 4.14. The first-order chi connectivity index (χ1) is 17.2. The molecule has 0 radical (unpaired) electrons. The van der Waals surface area contributed by atoms with E-state index < -0.39 is 41.8 Å². The van der Waals surface area contributed by atoms with E-state index in [0.717, 1.165) is 53.6 Å². The lowest BCUT2D eigenvalue weighted by atomic mass is 10.0. The predicted octanol–water partition coefficient (Wildman–Crippen LogP) is -2.22. The van der Waals surface area contributed by atoms with Gasteiger partial charge in [0.2, 0.25) is 11.5 Å². The number of oxime groups is 1. The van der Waals surface area contributed by atoms with Gasteiger partial charge in [-0.25, -0.2) is 4.39 Å². The highest BCUT2D eigenvalue weighted by Crippen LogP contribution is 2.40. The number of alkyl halides is 1. The molecule has 4 N–H and O–H groups in total. The highest BCUT2D eigenvalue weighted by atomic mass is 32.2. The summed E-state index contributed by atoms with van der Waals surface area (Å²) in [7, 11) is 2.14. The lowest BCUT2D eigenvalue weighted by molar-refractivity contribution is -0.905. The number of nitrogen functional groups attached to an aromatic ring is 1. The number of anilines is 1. The van der Waals surface area contributed by atoms with Crippen LogP contribution in [0.2, 0.25) is 0 Å². The molecule has 0 spiro atoms. The molecule has 1 aromatic rings. The average Bonchev–Trinajstić information content (AvgIpc) is 3.28. The van der Waals surface area contributed by atoms with Crippen molar-refractivity contribution < 1.29 is 33.2 Å². The molecular weight excluding hydrogens is 515 g/mol. The van der Waals surface area contributed by atoms with Crippen LogP contribution in [-0.4, -0.2) is 106 Å². The summed E-state index contributed by atoms with van der Waals surface area (Å²) < 4.78 is 17.2. The number of fused-ring (bicyclic) bond motifs is 1. The number of aliphatic carboxylic acids is 1. The summed E-state index contributed by atoms with van der Waals surface area (Å²) in [5.41, 5.74) is 5.33. The molecule has 3 aliphatic heterocycles. The monoisotopic (exact) mass is 540 g/mol. The topological polar surface area (TPSA) is 175 Å². The molecule has 2 amide bonds. The molecule has 2 saturated heterocycles. The zero-order valence-corrected chi connectivity index (χ0v) is 20.9. The lowest BCUT2D eigenvalue weighted by Crippen LogP contribution is -2.71. The minimum Gasteiger partial charge on any atom is -0.543 e. The maximum atomic E-state index is 12.9. The minimum atomic E-state index is -1.47. The maximum Gasteiger partial charge on any atom is 0.278 e. The highest BCUT2D eigenvalue weighted by molar-refractivity contribution is 8.00. The van der Waals surface area contributed by atoms with E-state index in [0.29, 0.717) is 11.3 Å². The molecule has 0 unspecified atom stereocenters. The number of nitrogens with one attached hydrogen (secondary N) is 2. The Kier molecular flexibility index (Phi) is 7.87. The van der Waals surface area contributed by atoms with Crippen LogP contribution >= 0.6 is 23.3 Å². The van der Waals surface area contributed by atoms with E-state index in [4.69, 9.17) is 5.73 Å². The third kappa shape index (κ3) is 5.35. The molecule has 2 atom stereocenters. The Balaban J connectivity index is 1.47. The first-order valence-corrected chi connectivity index (χ1v) is 12.8. The first-order valence-electron chi connectivity index (χ1n) is 11.0. The summed E-state index contributed by atoms with van der Waals surface area (Å²) in [4.78, 5) is 46.9. The van der Waals surface area contributed by atoms with Crippen molar-refractivity contribution in [1.82, 2.24) is 24.9 Å². The number of carboxylic acids is 1. The fraction of sp³-hybridized carbons (Fsp3) is 0.500. The molecule has 4 heterocycles. The fourth-order valence-corrected chi connectivity index (χ4v) is 5.89. The molecule has 4 rings (SSSR count). The number of nitrogens with two attached hydrogens (primary N) is 1. The zero-order chi connectivity index (χ0) is 25.9. The summed E-state index contributed by atoms with van der Waals surface area (Å²) in [6.45, 7) is 3.19. The SMILES string of the molecule is C[N+]1(C/C=C/C2=C(C(=O)[O-])N3C(=O)[C@@H](NC(=O)/C(=N\OCF)c4nsc(N)n4)[C@H]3SC2)CCNCC1. The number of likely N-dealkylation sites (N-methyl/N-ethyl adjacent to an activating group) is 1. The van der Waals surface area contributed by atoms with Crippen LogP contribution in [0.1, 0.15) is 5.82 Å². The summed E-state index contributed by atoms with van der Waals surface area (Å²) in [5.74, 6) is -2.86. The molecule has 0 bridgehead atoms. The van der Waals surface area contributed by atoms with Gasteiger partial charge in [0.15, 0.2) is 5.13 Å². The normalized spacial score (nSPS) is 23.9. The van der Waals surface area contributed by atoms with Gasteiger partial charge in [-0.05, 0) is 11.6 Å². The van der Waals surface area contributed by atoms with Crippen molar-refractivity contribution in [3.05, 3.63) is 29.2 Å². The van der Waals surface area contributed by atoms with E-state index in [2.05, 4.69) is 37.0 Å². The molecule has 16 heteroatoms. The van der Waals surface area contributed by atoms with E-state index in [9.17, 15) is 23.9 Å². The number of carbonyl (C=O) groups is 3. The molecule has 3 aliphatic rings. The van der Waals surface area contributed by atoms with Crippen LogP contribution in [0.5, 0.6) is 0 Å². The Hall–Kier alpha value is -3.08. The second-order valence-corrected chi connectivity index (χ2v) is 10.4. The number of rotatable bonds is 9. The van der Waals surface area contributed by atoms with Crippen molar-refractivity contribution in [1.29, 1.82) is 0 Å². The Morgan fingerprint density at radius 3 is 2.83 bits per heavy atom. The van der Waals surface area contributed by atoms with Gasteiger partial charge in [0, 0.05) is 30.4 Å². The number of carboxylic acid groups (broad SMARTS) is 1. The van der Waals surface area contributed by atoms with Crippen LogP contribution in [-0.2, 0) is 19.2 Å². The van der Waals surface area contributed by atoms with Gasteiger partial charge in [-0.1, -0.05) is 11.2 Å². The second kappa shape index (κ2) is 10.9. The maximum absolute atomic E-state index is 12.9. The summed E-state index contributed by atoms with van der Waals surface area (Å²) in [6, 6.07) is -1.04. The molecule has 13 nitrogen and oxygen atoms in total. The molecule has 0 aliphatic carbocycles. The second-order valence-electron chi connectivity index (χ2n) is 8.56. The number of allylic oxidation sites excluding steroid dienone is 1. The number of nitrogens with zero attached hydrogens (tertiary/aromatic N) is 5. The van der Waals surface area contributed by atoms with Crippen molar-refractivity contribution in [3.63, 3.8) is 0 Å². The first kappa shape index (κ1) is 26.0. The summed E-state index contributed by atoms with van der Waals surface area (Å²) in [6.07, 6.45) is 3.66. The number of thioether (sulfide) groups is 1. The van der Waals surface area contributed by atoms with Crippen LogP contribution in [0.3, 0.4) is 0 Å². The number of β-lactam (4-membered cyclic amide) rings is 1. The minimum absolute atomic E-state index is 0.0525. The largest absolute Gasteiger partial charge is 0.543 e. The van der Waals surface area contributed by atoms with E-state index in [1.807, 2.05) is 6.08 Å². The number of amides is 2. The van der Waals surface area contributed by atoms with E-state index in [1.54, 1.807) is 6.08 Å². The molecule has 1 aromatic heterocycles. The Labute approximate surface area is 214 Å². The molecule has 194 valence electrons. The van der Waals surface area contributed by atoms with Crippen LogP contribution < -0.4 is 21.5 Å².